The van der Waals surface area contributed by atoms with Gasteiger partial charge < -0.3 is 89.9 Å². The summed E-state index contributed by atoms with van der Waals surface area (Å²) in [6.07, 6.45) is 39.9. The number of aliphatic hydroxyl groups excluding tert-OH is 11. The van der Waals surface area contributed by atoms with Crippen molar-refractivity contribution < 1.29 is 89.4 Å². The number of hydrogen-bond acceptors (Lipinski definition) is 18. The number of ether oxygens (including phenoxy) is 6. The second kappa shape index (κ2) is 55.8. The van der Waals surface area contributed by atoms with Gasteiger partial charge in [-0.3, -0.25) is 4.79 Å². The molecule has 19 nitrogen and oxygen atoms in total. The second-order valence-electron chi connectivity index (χ2n) is 27.1. The molecule has 3 rings (SSSR count). The van der Waals surface area contributed by atoms with E-state index in [0.29, 0.717) is 12.8 Å². The maximum Gasteiger partial charge on any atom is 0.220 e. The van der Waals surface area contributed by atoms with E-state index in [1.165, 1.54) is 218 Å². The van der Waals surface area contributed by atoms with Crippen molar-refractivity contribution in [2.75, 3.05) is 26.4 Å². The summed E-state index contributed by atoms with van der Waals surface area (Å²) >= 11 is 0. The van der Waals surface area contributed by atoms with E-state index < -0.39 is 124 Å². The lowest BCUT2D eigenvalue weighted by molar-refractivity contribution is -0.379. The van der Waals surface area contributed by atoms with Gasteiger partial charge in [0.1, 0.15) is 73.2 Å². The van der Waals surface area contributed by atoms with Crippen LogP contribution in [0.1, 0.15) is 296 Å². The highest BCUT2D eigenvalue weighted by atomic mass is 16.8. The minimum absolute atomic E-state index is 0.236. The van der Waals surface area contributed by atoms with E-state index >= 15 is 0 Å². The van der Waals surface area contributed by atoms with Crippen molar-refractivity contribution in [2.24, 2.45) is 0 Å². The standard InChI is InChI=1S/C74H137NO18/c1-3-5-7-9-11-13-15-17-19-21-23-24-25-26-27-28-29-30-31-32-34-36-38-40-42-44-46-48-50-52-62(80)75-57(58(79)51-49-47-45-43-41-39-37-35-33-22-20-18-16-14-12-10-8-6-4-2)56-88-72-68(86)65(83)70(60(54-77)90-72)93-74-69(87)66(84)71(61(55-78)91-74)92-73-67(85)64(82)63(81)59(53-76)89-73/h33,35,41,43,49,51,57-61,63-74,76-79,81-87H,3-32,34,36-40,42,44-48,50,52-56H2,1-2H3,(H,75,80)/b35-33+,43-41+,51-49+. The number of nitrogens with one attached hydrogen (secondary N) is 1. The predicted octanol–water partition coefficient (Wildman–Crippen LogP) is 11.2. The normalized spacial score (nSPS) is 27.7. The van der Waals surface area contributed by atoms with E-state index in [1.807, 2.05) is 6.08 Å². The van der Waals surface area contributed by atoms with E-state index in [-0.39, 0.29) is 18.9 Å². The predicted molar refractivity (Wildman–Crippen MR) is 365 cm³/mol. The summed E-state index contributed by atoms with van der Waals surface area (Å²) in [6, 6.07) is -0.995. The van der Waals surface area contributed by atoms with E-state index in [9.17, 15) is 61.0 Å². The fourth-order valence-corrected chi connectivity index (χ4v) is 12.8. The molecule has 1 amide bonds. The molecule has 93 heavy (non-hydrogen) atoms. The molecule has 17 unspecified atom stereocenters. The number of amides is 1. The Morgan fingerprint density at radius 1 is 0.376 bits per heavy atom. The summed E-state index contributed by atoms with van der Waals surface area (Å²) in [6.45, 7) is 1.74. The molecular formula is C74H137NO18. The molecule has 0 radical (unpaired) electrons. The van der Waals surface area contributed by atoms with Crippen LogP contribution in [0, 0.1) is 0 Å². The third-order valence-electron chi connectivity index (χ3n) is 18.9. The highest BCUT2D eigenvalue weighted by Crippen LogP contribution is 2.33. The van der Waals surface area contributed by atoms with Gasteiger partial charge in [0.15, 0.2) is 18.9 Å². The summed E-state index contributed by atoms with van der Waals surface area (Å²) in [5.74, 6) is -0.284. The Balaban J connectivity index is 1.40. The molecule has 3 aliphatic heterocycles. The van der Waals surface area contributed by atoms with Crippen LogP contribution in [-0.2, 0) is 33.2 Å². The monoisotopic (exact) mass is 1330 g/mol. The molecule has 3 saturated heterocycles. The van der Waals surface area contributed by atoms with Crippen LogP contribution in [-0.4, -0.2) is 193 Å². The molecule has 3 aliphatic rings. The van der Waals surface area contributed by atoms with Gasteiger partial charge in [0.25, 0.3) is 0 Å². The van der Waals surface area contributed by atoms with Crippen molar-refractivity contribution in [1.29, 1.82) is 0 Å². The number of aliphatic hydroxyl groups is 11. The van der Waals surface area contributed by atoms with Gasteiger partial charge in [0, 0.05) is 6.42 Å². The molecular weight excluding hydrogens is 1190 g/mol. The van der Waals surface area contributed by atoms with Crippen molar-refractivity contribution in [1.82, 2.24) is 5.32 Å². The Morgan fingerprint density at radius 2 is 0.688 bits per heavy atom. The average Bonchev–Trinajstić information content (AvgIpc) is 0.995. The molecule has 12 N–H and O–H groups in total. The fraction of sp³-hybridized carbons (Fsp3) is 0.905. The summed E-state index contributed by atoms with van der Waals surface area (Å²) in [5, 5.41) is 121. The van der Waals surface area contributed by atoms with Crippen molar-refractivity contribution in [3.8, 4) is 0 Å². The zero-order valence-corrected chi connectivity index (χ0v) is 58.0. The molecule has 0 spiro atoms. The van der Waals surface area contributed by atoms with E-state index in [2.05, 4.69) is 43.5 Å². The van der Waals surface area contributed by atoms with Gasteiger partial charge in [-0.1, -0.05) is 281 Å². The number of unbranched alkanes of at least 4 members (excludes halogenated alkanes) is 39. The lowest BCUT2D eigenvalue weighted by atomic mass is 9.96. The second-order valence-corrected chi connectivity index (χ2v) is 27.1. The van der Waals surface area contributed by atoms with Gasteiger partial charge in [-0.2, -0.15) is 0 Å². The topological polar surface area (TPSA) is 307 Å². The molecule has 0 bridgehead atoms. The van der Waals surface area contributed by atoms with Crippen LogP contribution in [0.3, 0.4) is 0 Å². The summed E-state index contributed by atoms with van der Waals surface area (Å²) in [5.41, 5.74) is 0. The van der Waals surface area contributed by atoms with Crippen LogP contribution in [0.4, 0.5) is 0 Å². The maximum absolute atomic E-state index is 13.4. The van der Waals surface area contributed by atoms with Crippen LogP contribution in [0.2, 0.25) is 0 Å². The van der Waals surface area contributed by atoms with Crippen molar-refractivity contribution in [3.63, 3.8) is 0 Å². The Morgan fingerprint density at radius 3 is 1.08 bits per heavy atom. The number of carbonyl (C=O) groups is 1. The van der Waals surface area contributed by atoms with E-state index in [0.717, 1.165) is 44.9 Å². The third kappa shape index (κ3) is 37.1. The van der Waals surface area contributed by atoms with Gasteiger partial charge in [-0.05, 0) is 44.9 Å². The first-order chi connectivity index (χ1) is 45.3. The molecule has 0 aromatic rings. The van der Waals surface area contributed by atoms with E-state index in [4.69, 9.17) is 28.4 Å². The molecule has 546 valence electrons. The maximum atomic E-state index is 13.4. The first-order valence-corrected chi connectivity index (χ1v) is 37.7. The quantitative estimate of drug-likeness (QED) is 0.0199. The van der Waals surface area contributed by atoms with Crippen LogP contribution in [0.25, 0.3) is 0 Å². The average molecular weight is 1330 g/mol. The van der Waals surface area contributed by atoms with Crippen LogP contribution >= 0.6 is 0 Å². The minimum atomic E-state index is -1.98. The van der Waals surface area contributed by atoms with Crippen LogP contribution in [0.15, 0.2) is 36.5 Å². The lowest BCUT2D eigenvalue weighted by Crippen LogP contribution is -2.66. The molecule has 0 aromatic heterocycles. The molecule has 3 heterocycles. The smallest absolute Gasteiger partial charge is 0.220 e. The Labute approximate surface area is 561 Å². The molecule has 0 aromatic carbocycles. The molecule has 17 atom stereocenters. The van der Waals surface area contributed by atoms with Crippen molar-refractivity contribution in [2.45, 2.75) is 401 Å². The number of hydrogen-bond donors (Lipinski definition) is 12. The minimum Gasteiger partial charge on any atom is -0.394 e. The lowest BCUT2D eigenvalue weighted by Gasteiger charge is -2.48. The van der Waals surface area contributed by atoms with Gasteiger partial charge in [-0.25, -0.2) is 0 Å². The number of carbonyl (C=O) groups excluding carboxylic acids is 1. The molecule has 3 fully saturated rings. The van der Waals surface area contributed by atoms with Crippen LogP contribution in [0.5, 0.6) is 0 Å². The first kappa shape index (κ1) is 85.2. The number of rotatable bonds is 59. The highest BCUT2D eigenvalue weighted by Gasteiger charge is 2.53. The van der Waals surface area contributed by atoms with Gasteiger partial charge in [0.05, 0.1) is 38.6 Å². The van der Waals surface area contributed by atoms with Gasteiger partial charge in [0.2, 0.25) is 5.91 Å². The molecule has 0 saturated carbocycles. The summed E-state index contributed by atoms with van der Waals surface area (Å²) in [4.78, 5) is 13.4. The SMILES string of the molecule is CCCCCCCCCCC/C=C/CC/C=C/CC/C=C/C(O)C(COC1OC(CO)C(OC2OC(CO)C(OC3OC(CO)C(O)C(O)C3O)C(O)C2O)C(O)C1O)NC(=O)CCCCCCCCCCCCCCCCCCCCCCCCCCCCCCC. The number of allylic oxidation sites excluding steroid dienone is 5. The third-order valence-corrected chi connectivity index (χ3v) is 18.9. The summed E-state index contributed by atoms with van der Waals surface area (Å²) < 4.78 is 34.4. The fourth-order valence-electron chi connectivity index (χ4n) is 12.8. The van der Waals surface area contributed by atoms with Crippen molar-refractivity contribution >= 4 is 5.91 Å². The van der Waals surface area contributed by atoms with Crippen LogP contribution < -0.4 is 5.32 Å². The molecule has 0 aliphatic carbocycles. The zero-order chi connectivity index (χ0) is 67.5. The van der Waals surface area contributed by atoms with Gasteiger partial charge in [-0.15, -0.1) is 0 Å². The molecule has 19 heteroatoms. The summed E-state index contributed by atoms with van der Waals surface area (Å²) in [7, 11) is 0. The largest absolute Gasteiger partial charge is 0.394 e. The van der Waals surface area contributed by atoms with E-state index in [1.54, 1.807) is 6.08 Å². The Hall–Kier alpha value is -1.99. The zero-order valence-electron chi connectivity index (χ0n) is 58.0. The van der Waals surface area contributed by atoms with Crippen molar-refractivity contribution in [3.05, 3.63) is 36.5 Å². The highest BCUT2D eigenvalue weighted by molar-refractivity contribution is 5.76. The first-order valence-electron chi connectivity index (χ1n) is 37.7. The Bertz CT molecular complexity index is 1830. The Kier molecular flexibility index (Phi) is 51.2. The van der Waals surface area contributed by atoms with Gasteiger partial charge >= 0.3 is 0 Å².